The monoisotopic (exact) mass is 312 g/mol. The largest absolute Gasteiger partial charge is 0.497 e. The number of benzene rings is 1. The Bertz CT molecular complexity index is 501. The Morgan fingerprint density at radius 3 is 2.48 bits per heavy atom. The number of hydrogen-bond donors (Lipinski definition) is 0. The summed E-state index contributed by atoms with van der Waals surface area (Å²) in [6, 6.07) is 8.82. The number of rotatable bonds is 5. The Morgan fingerprint density at radius 2 is 1.74 bits per heavy atom. The lowest BCUT2D eigenvalue weighted by Gasteiger charge is -2.42. The molecule has 0 saturated heterocycles. The molecule has 1 aromatic carbocycles. The topological polar surface area (TPSA) is 9.23 Å². The standard InChI is InChI=1S/C22H32O/c1-3-4-5-6-17-7-8-21-16-20(10-9-19(21)15-17)18-11-13-22(23-2)14-12-18/h3-4,11-14,17,19-21H,5-10,15-16H2,1-2H3/t17-,19-,20?,21-/m1/s1. The van der Waals surface area contributed by atoms with Gasteiger partial charge in [0.25, 0.3) is 0 Å². The minimum absolute atomic E-state index is 0.779. The highest BCUT2D eigenvalue weighted by atomic mass is 16.5. The average Bonchev–Trinajstić information content (AvgIpc) is 2.61. The Morgan fingerprint density at radius 1 is 1.00 bits per heavy atom. The van der Waals surface area contributed by atoms with Crippen molar-refractivity contribution in [2.75, 3.05) is 7.11 Å². The van der Waals surface area contributed by atoms with Crippen LogP contribution in [0.25, 0.3) is 0 Å². The first kappa shape index (κ1) is 16.6. The summed E-state index contributed by atoms with van der Waals surface area (Å²) in [6.45, 7) is 2.14. The van der Waals surface area contributed by atoms with E-state index in [1.54, 1.807) is 7.11 Å². The normalized spacial score (nSPS) is 31.0. The fourth-order valence-corrected chi connectivity index (χ4v) is 4.93. The molecule has 0 aromatic heterocycles. The van der Waals surface area contributed by atoms with Crippen molar-refractivity contribution in [2.45, 2.75) is 64.2 Å². The van der Waals surface area contributed by atoms with E-state index in [0.717, 1.165) is 29.4 Å². The second-order valence-electron chi connectivity index (χ2n) is 7.63. The molecule has 0 spiro atoms. The molecule has 3 rings (SSSR count). The highest BCUT2D eigenvalue weighted by Crippen LogP contribution is 2.48. The van der Waals surface area contributed by atoms with Gasteiger partial charge >= 0.3 is 0 Å². The highest BCUT2D eigenvalue weighted by molar-refractivity contribution is 5.29. The van der Waals surface area contributed by atoms with E-state index in [0.29, 0.717) is 0 Å². The lowest BCUT2D eigenvalue weighted by molar-refractivity contribution is 0.115. The summed E-state index contributed by atoms with van der Waals surface area (Å²) in [7, 11) is 1.75. The van der Waals surface area contributed by atoms with Crippen LogP contribution >= 0.6 is 0 Å². The molecule has 4 atom stereocenters. The van der Waals surface area contributed by atoms with Gasteiger partial charge in [-0.2, -0.15) is 0 Å². The molecule has 2 aliphatic carbocycles. The second kappa shape index (κ2) is 8.04. The van der Waals surface area contributed by atoms with E-state index >= 15 is 0 Å². The van der Waals surface area contributed by atoms with E-state index in [9.17, 15) is 0 Å². The Kier molecular flexibility index (Phi) is 5.80. The van der Waals surface area contributed by atoms with Crippen molar-refractivity contribution >= 4 is 0 Å². The van der Waals surface area contributed by atoms with E-state index in [1.165, 1.54) is 56.9 Å². The second-order valence-corrected chi connectivity index (χ2v) is 7.63. The Hall–Kier alpha value is -1.24. The summed E-state index contributed by atoms with van der Waals surface area (Å²) in [5, 5.41) is 0. The molecule has 0 bridgehead atoms. The summed E-state index contributed by atoms with van der Waals surface area (Å²) < 4.78 is 5.29. The van der Waals surface area contributed by atoms with Crippen molar-refractivity contribution in [3.63, 3.8) is 0 Å². The minimum atomic E-state index is 0.779. The third kappa shape index (κ3) is 4.19. The van der Waals surface area contributed by atoms with Crippen LogP contribution < -0.4 is 4.74 Å². The predicted octanol–water partition coefficient (Wildman–Crippen LogP) is 6.35. The van der Waals surface area contributed by atoms with Gasteiger partial charge in [-0.25, -0.2) is 0 Å². The average molecular weight is 312 g/mol. The van der Waals surface area contributed by atoms with Crippen LogP contribution in [0.5, 0.6) is 5.75 Å². The van der Waals surface area contributed by atoms with Crippen molar-refractivity contribution in [2.24, 2.45) is 17.8 Å². The van der Waals surface area contributed by atoms with Gasteiger partial charge < -0.3 is 4.74 Å². The molecule has 23 heavy (non-hydrogen) atoms. The SMILES string of the molecule is CC=CCC[C@@H]1CC[C@@H]2CC(c3ccc(OC)cc3)CC[C@@H]2C1. The van der Waals surface area contributed by atoms with Crippen molar-refractivity contribution < 1.29 is 4.74 Å². The quantitative estimate of drug-likeness (QED) is 0.575. The first-order valence-corrected chi connectivity index (χ1v) is 9.55. The van der Waals surface area contributed by atoms with Gasteiger partial charge in [0, 0.05) is 0 Å². The van der Waals surface area contributed by atoms with Crippen LogP contribution in [-0.4, -0.2) is 7.11 Å². The smallest absolute Gasteiger partial charge is 0.118 e. The number of hydrogen-bond acceptors (Lipinski definition) is 1. The molecular weight excluding hydrogens is 280 g/mol. The summed E-state index contributed by atoms with van der Waals surface area (Å²) >= 11 is 0. The van der Waals surface area contributed by atoms with Gasteiger partial charge in [-0.05, 0) is 93.2 Å². The molecule has 2 saturated carbocycles. The van der Waals surface area contributed by atoms with Crippen LogP contribution in [-0.2, 0) is 0 Å². The van der Waals surface area contributed by atoms with E-state index < -0.39 is 0 Å². The molecule has 0 aliphatic heterocycles. The zero-order chi connectivity index (χ0) is 16.1. The number of methoxy groups -OCH3 is 1. The summed E-state index contributed by atoms with van der Waals surface area (Å²) in [6.07, 6.45) is 15.9. The predicted molar refractivity (Wildman–Crippen MR) is 98.0 cm³/mol. The van der Waals surface area contributed by atoms with E-state index in [-0.39, 0.29) is 0 Å². The van der Waals surface area contributed by atoms with Gasteiger partial charge in [0.15, 0.2) is 0 Å². The van der Waals surface area contributed by atoms with Gasteiger partial charge in [-0.1, -0.05) is 30.7 Å². The molecule has 0 N–H and O–H groups in total. The first-order chi connectivity index (χ1) is 11.3. The molecule has 2 fully saturated rings. The van der Waals surface area contributed by atoms with Crippen LogP contribution in [0, 0.1) is 17.8 Å². The third-order valence-electron chi connectivity index (χ3n) is 6.29. The highest BCUT2D eigenvalue weighted by Gasteiger charge is 2.35. The van der Waals surface area contributed by atoms with E-state index in [1.807, 2.05) is 0 Å². The van der Waals surface area contributed by atoms with Crippen molar-refractivity contribution in [1.82, 2.24) is 0 Å². The summed E-state index contributed by atoms with van der Waals surface area (Å²) in [5.74, 6) is 4.73. The van der Waals surface area contributed by atoms with Crippen LogP contribution in [0.15, 0.2) is 36.4 Å². The number of ether oxygens (including phenoxy) is 1. The molecule has 1 nitrogen and oxygen atoms in total. The molecule has 1 unspecified atom stereocenters. The van der Waals surface area contributed by atoms with Gasteiger partial charge in [-0.3, -0.25) is 0 Å². The zero-order valence-corrected chi connectivity index (χ0v) is 14.8. The van der Waals surface area contributed by atoms with Crippen LogP contribution in [0.1, 0.15) is 69.8 Å². The lowest BCUT2D eigenvalue weighted by Crippen LogP contribution is -2.30. The first-order valence-electron chi connectivity index (χ1n) is 9.55. The van der Waals surface area contributed by atoms with Gasteiger partial charge in [0.2, 0.25) is 0 Å². The third-order valence-corrected chi connectivity index (χ3v) is 6.29. The summed E-state index contributed by atoms with van der Waals surface area (Å²) in [4.78, 5) is 0. The van der Waals surface area contributed by atoms with Gasteiger partial charge in [0.05, 0.1) is 7.11 Å². The molecular formula is C22H32O. The molecule has 126 valence electrons. The minimum Gasteiger partial charge on any atom is -0.497 e. The molecule has 0 radical (unpaired) electrons. The fourth-order valence-electron chi connectivity index (χ4n) is 4.93. The van der Waals surface area contributed by atoms with Gasteiger partial charge in [0.1, 0.15) is 5.75 Å². The zero-order valence-electron chi connectivity index (χ0n) is 14.8. The Balaban J connectivity index is 1.53. The van der Waals surface area contributed by atoms with Crippen molar-refractivity contribution in [1.29, 1.82) is 0 Å². The van der Waals surface area contributed by atoms with Crippen LogP contribution in [0.3, 0.4) is 0 Å². The number of fused-ring (bicyclic) bond motifs is 1. The Labute approximate surface area is 142 Å². The molecule has 1 heteroatoms. The van der Waals surface area contributed by atoms with E-state index in [4.69, 9.17) is 4.74 Å². The lowest BCUT2D eigenvalue weighted by atomic mass is 9.63. The molecule has 2 aliphatic rings. The van der Waals surface area contributed by atoms with E-state index in [2.05, 4.69) is 43.3 Å². The molecule has 0 amide bonds. The fraction of sp³-hybridized carbons (Fsp3) is 0.636. The van der Waals surface area contributed by atoms with Crippen molar-refractivity contribution in [3.8, 4) is 5.75 Å². The summed E-state index contributed by atoms with van der Waals surface area (Å²) in [5.41, 5.74) is 1.53. The van der Waals surface area contributed by atoms with Crippen LogP contribution in [0.2, 0.25) is 0 Å². The van der Waals surface area contributed by atoms with Crippen LogP contribution in [0.4, 0.5) is 0 Å². The maximum absolute atomic E-state index is 5.29. The molecule has 1 aromatic rings. The molecule has 0 heterocycles. The number of allylic oxidation sites excluding steroid dienone is 2. The van der Waals surface area contributed by atoms with Crippen molar-refractivity contribution in [3.05, 3.63) is 42.0 Å². The maximum Gasteiger partial charge on any atom is 0.118 e. The maximum atomic E-state index is 5.29. The van der Waals surface area contributed by atoms with Gasteiger partial charge in [-0.15, -0.1) is 0 Å².